The molecule has 3 nitrogen and oxygen atoms in total. The van der Waals surface area contributed by atoms with Crippen LogP contribution in [0.4, 0.5) is 8.78 Å². The summed E-state index contributed by atoms with van der Waals surface area (Å²) in [6.07, 6.45) is 1.31. The van der Waals surface area contributed by atoms with Crippen molar-refractivity contribution in [2.75, 3.05) is 0 Å². The lowest BCUT2D eigenvalue weighted by molar-refractivity contribution is 0.510. The molecular formula is C15H7F2N3S. The van der Waals surface area contributed by atoms with Crippen LogP contribution in [0, 0.1) is 23.0 Å². The third kappa shape index (κ3) is 2.69. The topological polar surface area (TPSA) is 49.6 Å². The summed E-state index contributed by atoms with van der Waals surface area (Å²) < 4.78 is 26.6. The van der Waals surface area contributed by atoms with E-state index in [1.165, 1.54) is 18.1 Å². The Morgan fingerprint density at radius 3 is 2.43 bits per heavy atom. The third-order valence-electron chi connectivity index (χ3n) is 2.84. The van der Waals surface area contributed by atoms with E-state index in [1.807, 2.05) is 6.07 Å². The number of aromatic nitrogens is 2. The van der Waals surface area contributed by atoms with Crippen LogP contribution in [0.5, 0.6) is 0 Å². The minimum atomic E-state index is -0.935. The zero-order chi connectivity index (χ0) is 14.8. The Labute approximate surface area is 123 Å². The van der Waals surface area contributed by atoms with E-state index in [0.717, 1.165) is 17.0 Å². The standard InChI is InChI=1S/C15H7F2N3S/c16-12-5-11-14(6-13(12)17)19-8-20-15(11)21-10-3-1-9(7-18)2-4-10/h1-6,8H. The maximum atomic E-state index is 13.4. The molecule has 0 saturated heterocycles. The SMILES string of the molecule is N#Cc1ccc(Sc2ncnc3cc(F)c(F)cc23)cc1. The fraction of sp³-hybridized carbons (Fsp3) is 0. The molecule has 0 unspecified atom stereocenters. The van der Waals surface area contributed by atoms with Crippen LogP contribution < -0.4 is 0 Å². The molecule has 0 aliphatic rings. The fourth-order valence-corrected chi connectivity index (χ4v) is 2.69. The average Bonchev–Trinajstić information content (AvgIpc) is 2.50. The van der Waals surface area contributed by atoms with E-state index in [1.54, 1.807) is 24.3 Å². The van der Waals surface area contributed by atoms with Crippen molar-refractivity contribution in [3.63, 3.8) is 0 Å². The summed E-state index contributed by atoms with van der Waals surface area (Å²) in [5.74, 6) is -1.87. The number of nitriles is 1. The maximum absolute atomic E-state index is 13.4. The minimum absolute atomic E-state index is 0.347. The number of halogens is 2. The summed E-state index contributed by atoms with van der Waals surface area (Å²) in [6, 6.07) is 11.1. The molecule has 0 amide bonds. The number of fused-ring (bicyclic) bond motifs is 1. The summed E-state index contributed by atoms with van der Waals surface area (Å²) in [6.45, 7) is 0. The molecule has 2 aromatic carbocycles. The molecule has 0 atom stereocenters. The van der Waals surface area contributed by atoms with Gasteiger partial charge < -0.3 is 0 Å². The molecule has 0 radical (unpaired) electrons. The summed E-state index contributed by atoms with van der Waals surface area (Å²) in [5, 5.41) is 9.74. The van der Waals surface area contributed by atoms with E-state index >= 15 is 0 Å². The minimum Gasteiger partial charge on any atom is -0.236 e. The van der Waals surface area contributed by atoms with Gasteiger partial charge in [0.15, 0.2) is 11.6 Å². The first-order valence-electron chi connectivity index (χ1n) is 5.95. The van der Waals surface area contributed by atoms with Crippen LogP contribution in [-0.4, -0.2) is 9.97 Å². The van der Waals surface area contributed by atoms with Crippen LogP contribution in [0.25, 0.3) is 10.9 Å². The fourth-order valence-electron chi connectivity index (χ4n) is 1.82. The Morgan fingerprint density at radius 1 is 1.00 bits per heavy atom. The average molecular weight is 299 g/mol. The zero-order valence-corrected chi connectivity index (χ0v) is 11.4. The molecule has 0 fully saturated rings. The lowest BCUT2D eigenvalue weighted by Gasteiger charge is -2.05. The van der Waals surface area contributed by atoms with Gasteiger partial charge in [-0.05, 0) is 30.3 Å². The number of hydrogen-bond donors (Lipinski definition) is 0. The third-order valence-corrected chi connectivity index (χ3v) is 3.87. The van der Waals surface area contributed by atoms with E-state index in [-0.39, 0.29) is 0 Å². The molecule has 21 heavy (non-hydrogen) atoms. The maximum Gasteiger partial charge on any atom is 0.161 e. The van der Waals surface area contributed by atoms with Gasteiger partial charge in [0.1, 0.15) is 11.4 Å². The Morgan fingerprint density at radius 2 is 1.71 bits per heavy atom. The Hall–Kier alpha value is -2.52. The molecule has 6 heteroatoms. The van der Waals surface area contributed by atoms with Gasteiger partial charge in [-0.1, -0.05) is 11.8 Å². The summed E-state index contributed by atoms with van der Waals surface area (Å²) in [5.41, 5.74) is 0.903. The molecule has 0 aliphatic heterocycles. The molecule has 3 rings (SSSR count). The molecular weight excluding hydrogens is 292 g/mol. The van der Waals surface area contributed by atoms with Crippen molar-refractivity contribution in [3.8, 4) is 6.07 Å². The van der Waals surface area contributed by atoms with Crippen molar-refractivity contribution in [1.29, 1.82) is 5.26 Å². The lowest BCUT2D eigenvalue weighted by atomic mass is 10.2. The highest BCUT2D eigenvalue weighted by Gasteiger charge is 2.10. The van der Waals surface area contributed by atoms with Gasteiger partial charge in [-0.3, -0.25) is 0 Å². The highest BCUT2D eigenvalue weighted by Crippen LogP contribution is 2.31. The smallest absolute Gasteiger partial charge is 0.161 e. The first kappa shape index (κ1) is 13.5. The molecule has 0 saturated carbocycles. The molecule has 0 bridgehead atoms. The Bertz CT molecular complexity index is 857. The quantitative estimate of drug-likeness (QED) is 0.673. The molecule has 0 aliphatic carbocycles. The highest BCUT2D eigenvalue weighted by molar-refractivity contribution is 7.99. The van der Waals surface area contributed by atoms with Crippen LogP contribution in [0.2, 0.25) is 0 Å². The molecule has 0 N–H and O–H groups in total. The van der Waals surface area contributed by atoms with Gasteiger partial charge in [0.05, 0.1) is 17.1 Å². The van der Waals surface area contributed by atoms with Gasteiger partial charge in [0, 0.05) is 16.3 Å². The number of rotatable bonds is 2. The second-order valence-electron chi connectivity index (χ2n) is 4.20. The van der Waals surface area contributed by atoms with Crippen LogP contribution in [0.15, 0.2) is 52.6 Å². The van der Waals surface area contributed by atoms with E-state index in [2.05, 4.69) is 9.97 Å². The second-order valence-corrected chi connectivity index (χ2v) is 5.26. The van der Waals surface area contributed by atoms with Crippen molar-refractivity contribution < 1.29 is 8.78 Å². The number of benzene rings is 2. The first-order valence-corrected chi connectivity index (χ1v) is 6.77. The van der Waals surface area contributed by atoms with Crippen LogP contribution in [0.3, 0.4) is 0 Å². The lowest BCUT2D eigenvalue weighted by Crippen LogP contribution is -1.91. The molecule has 102 valence electrons. The van der Waals surface area contributed by atoms with Gasteiger partial charge in [-0.15, -0.1) is 0 Å². The van der Waals surface area contributed by atoms with Crippen molar-refractivity contribution in [1.82, 2.24) is 9.97 Å². The zero-order valence-electron chi connectivity index (χ0n) is 10.5. The van der Waals surface area contributed by atoms with E-state index in [4.69, 9.17) is 5.26 Å². The normalized spacial score (nSPS) is 10.5. The summed E-state index contributed by atoms with van der Waals surface area (Å²) in [7, 11) is 0. The number of hydrogen-bond acceptors (Lipinski definition) is 4. The van der Waals surface area contributed by atoms with Gasteiger partial charge >= 0.3 is 0 Å². The predicted octanol–water partition coefficient (Wildman–Crippen LogP) is 3.93. The van der Waals surface area contributed by atoms with E-state index in [0.29, 0.717) is 21.5 Å². The van der Waals surface area contributed by atoms with Crippen molar-refractivity contribution in [2.45, 2.75) is 9.92 Å². The Kier molecular flexibility index (Phi) is 3.50. The van der Waals surface area contributed by atoms with Gasteiger partial charge in [-0.2, -0.15) is 5.26 Å². The number of nitrogens with zero attached hydrogens (tertiary/aromatic N) is 3. The Balaban J connectivity index is 2.03. The molecule has 0 spiro atoms. The van der Waals surface area contributed by atoms with Crippen molar-refractivity contribution in [3.05, 3.63) is 59.9 Å². The second kappa shape index (κ2) is 5.46. The van der Waals surface area contributed by atoms with Crippen LogP contribution in [-0.2, 0) is 0 Å². The predicted molar refractivity (Wildman–Crippen MR) is 74.7 cm³/mol. The van der Waals surface area contributed by atoms with Crippen molar-refractivity contribution in [2.24, 2.45) is 0 Å². The summed E-state index contributed by atoms with van der Waals surface area (Å²) >= 11 is 1.30. The highest BCUT2D eigenvalue weighted by atomic mass is 32.2. The summed E-state index contributed by atoms with van der Waals surface area (Å²) in [4.78, 5) is 8.90. The van der Waals surface area contributed by atoms with Crippen LogP contribution in [0.1, 0.15) is 5.56 Å². The molecule has 3 aromatic rings. The monoisotopic (exact) mass is 299 g/mol. The first-order chi connectivity index (χ1) is 10.2. The van der Waals surface area contributed by atoms with Crippen LogP contribution >= 0.6 is 11.8 Å². The van der Waals surface area contributed by atoms with Gasteiger partial charge in [0.2, 0.25) is 0 Å². The van der Waals surface area contributed by atoms with Crippen molar-refractivity contribution >= 4 is 22.7 Å². The largest absolute Gasteiger partial charge is 0.236 e. The van der Waals surface area contributed by atoms with Gasteiger partial charge in [0.25, 0.3) is 0 Å². The van der Waals surface area contributed by atoms with E-state index < -0.39 is 11.6 Å². The van der Waals surface area contributed by atoms with Gasteiger partial charge in [-0.25, -0.2) is 18.7 Å². The van der Waals surface area contributed by atoms with E-state index in [9.17, 15) is 8.78 Å². The molecule has 1 aromatic heterocycles. The molecule has 1 heterocycles.